The maximum Gasteiger partial charge on any atom is 0.257 e. The molecule has 3 heterocycles. The Kier molecular flexibility index (Phi) is 4.32. The minimum absolute atomic E-state index is 0.0851. The van der Waals surface area contributed by atoms with Crippen molar-refractivity contribution >= 4 is 5.91 Å². The summed E-state index contributed by atoms with van der Waals surface area (Å²) >= 11 is 0. The lowest BCUT2D eigenvalue weighted by atomic mass is 9.96. The Hall–Kier alpha value is -2.18. The van der Waals surface area contributed by atoms with Gasteiger partial charge in [0, 0.05) is 19.3 Å². The Labute approximate surface area is 141 Å². The van der Waals surface area contributed by atoms with Gasteiger partial charge < -0.3 is 4.90 Å². The van der Waals surface area contributed by atoms with Crippen LogP contribution >= 0.6 is 0 Å². The molecule has 2 fully saturated rings. The van der Waals surface area contributed by atoms with E-state index in [4.69, 9.17) is 0 Å². The summed E-state index contributed by atoms with van der Waals surface area (Å²) in [6.45, 7) is 1.50. The third-order valence-corrected chi connectivity index (χ3v) is 5.29. The van der Waals surface area contributed by atoms with E-state index in [1.165, 1.54) is 32.1 Å². The van der Waals surface area contributed by atoms with Crippen LogP contribution in [0.5, 0.6) is 0 Å². The van der Waals surface area contributed by atoms with Gasteiger partial charge in [-0.3, -0.25) is 9.48 Å². The Morgan fingerprint density at radius 3 is 2.62 bits per heavy atom. The van der Waals surface area contributed by atoms with Gasteiger partial charge in [0.05, 0.1) is 23.8 Å². The van der Waals surface area contributed by atoms with Crippen molar-refractivity contribution in [2.75, 3.05) is 13.1 Å². The zero-order valence-corrected chi connectivity index (χ0v) is 13.9. The van der Waals surface area contributed by atoms with Crippen molar-refractivity contribution in [1.29, 1.82) is 0 Å². The Morgan fingerprint density at radius 1 is 1.00 bits per heavy atom. The highest BCUT2D eigenvalue weighted by Gasteiger charge is 2.27. The van der Waals surface area contributed by atoms with E-state index in [2.05, 4.69) is 15.2 Å². The molecule has 2 aromatic rings. The molecule has 0 radical (unpaired) electrons. The molecule has 7 nitrogen and oxygen atoms in total. The van der Waals surface area contributed by atoms with E-state index >= 15 is 0 Å². The number of aromatic nitrogens is 5. The Balaban J connectivity index is 1.44. The highest BCUT2D eigenvalue weighted by atomic mass is 16.2. The van der Waals surface area contributed by atoms with Crippen LogP contribution < -0.4 is 0 Å². The number of piperidine rings is 1. The van der Waals surface area contributed by atoms with Gasteiger partial charge in [-0.2, -0.15) is 10.2 Å². The molecular weight excluding hydrogens is 304 g/mol. The molecule has 24 heavy (non-hydrogen) atoms. The maximum atomic E-state index is 12.8. The quantitative estimate of drug-likeness (QED) is 0.868. The van der Waals surface area contributed by atoms with Gasteiger partial charge in [0.15, 0.2) is 0 Å². The molecule has 0 spiro atoms. The van der Waals surface area contributed by atoms with Crippen LogP contribution in [0, 0.1) is 0 Å². The predicted octanol–water partition coefficient (Wildman–Crippen LogP) is 2.46. The summed E-state index contributed by atoms with van der Waals surface area (Å²) in [6, 6.07) is 0.683. The number of carbonyl (C=O) groups is 1. The Morgan fingerprint density at radius 2 is 1.83 bits per heavy atom. The summed E-state index contributed by atoms with van der Waals surface area (Å²) < 4.78 is 3.87. The van der Waals surface area contributed by atoms with E-state index < -0.39 is 0 Å². The summed E-state index contributed by atoms with van der Waals surface area (Å²) in [6.07, 6.45) is 15.2. The molecule has 1 atom stereocenters. The van der Waals surface area contributed by atoms with Crippen molar-refractivity contribution in [1.82, 2.24) is 29.4 Å². The van der Waals surface area contributed by atoms with Crippen molar-refractivity contribution in [3.8, 4) is 0 Å². The van der Waals surface area contributed by atoms with Crippen LogP contribution in [0.4, 0.5) is 0 Å². The lowest BCUT2D eigenvalue weighted by molar-refractivity contribution is 0.0672. The van der Waals surface area contributed by atoms with Crippen LogP contribution in [0.25, 0.3) is 0 Å². The fourth-order valence-electron chi connectivity index (χ4n) is 3.94. The van der Waals surface area contributed by atoms with Gasteiger partial charge in [-0.15, -0.1) is 0 Å². The molecule has 0 unspecified atom stereocenters. The van der Waals surface area contributed by atoms with Crippen LogP contribution in [0.2, 0.25) is 0 Å². The molecule has 2 aromatic heterocycles. The molecule has 1 amide bonds. The fraction of sp³-hybridized carbons (Fsp3) is 0.647. The monoisotopic (exact) mass is 328 g/mol. The van der Waals surface area contributed by atoms with Crippen molar-refractivity contribution in [2.24, 2.45) is 0 Å². The Bertz CT molecular complexity index is 673. The van der Waals surface area contributed by atoms with Gasteiger partial charge >= 0.3 is 0 Å². The van der Waals surface area contributed by atoms with Crippen LogP contribution in [-0.2, 0) is 0 Å². The van der Waals surface area contributed by atoms with E-state index in [-0.39, 0.29) is 11.9 Å². The van der Waals surface area contributed by atoms with Crippen molar-refractivity contribution in [3.63, 3.8) is 0 Å². The molecule has 128 valence electrons. The summed E-state index contributed by atoms with van der Waals surface area (Å²) in [5, 5.41) is 8.69. The van der Waals surface area contributed by atoms with E-state index in [1.807, 2.05) is 20.5 Å². The zero-order valence-electron chi connectivity index (χ0n) is 13.9. The van der Waals surface area contributed by atoms with E-state index in [0.717, 1.165) is 19.4 Å². The van der Waals surface area contributed by atoms with Gasteiger partial charge in [0.2, 0.25) is 0 Å². The van der Waals surface area contributed by atoms with Crippen molar-refractivity contribution in [3.05, 3.63) is 30.6 Å². The minimum atomic E-state index is 0.0851. The molecule has 1 aliphatic carbocycles. The maximum absolute atomic E-state index is 12.8. The predicted molar refractivity (Wildman–Crippen MR) is 88.5 cm³/mol. The first kappa shape index (κ1) is 15.4. The van der Waals surface area contributed by atoms with Gasteiger partial charge in [0.25, 0.3) is 5.91 Å². The molecule has 1 aliphatic heterocycles. The second kappa shape index (κ2) is 6.75. The van der Waals surface area contributed by atoms with Crippen LogP contribution in [0.15, 0.2) is 25.0 Å². The normalized spacial score (nSPS) is 22.7. The van der Waals surface area contributed by atoms with Gasteiger partial charge in [-0.05, 0) is 25.7 Å². The van der Waals surface area contributed by atoms with Crippen molar-refractivity contribution in [2.45, 2.75) is 57.0 Å². The summed E-state index contributed by atoms with van der Waals surface area (Å²) in [5.41, 5.74) is 0.708. The number of hydrogen-bond acceptors (Lipinski definition) is 4. The molecule has 0 N–H and O–H groups in total. The summed E-state index contributed by atoms with van der Waals surface area (Å²) in [5.74, 6) is 0.0851. The summed E-state index contributed by atoms with van der Waals surface area (Å²) in [7, 11) is 0. The molecule has 2 aliphatic rings. The topological polar surface area (TPSA) is 68.8 Å². The highest BCUT2D eigenvalue weighted by Crippen LogP contribution is 2.28. The molecule has 7 heteroatoms. The van der Waals surface area contributed by atoms with Gasteiger partial charge in [-0.1, -0.05) is 19.3 Å². The van der Waals surface area contributed by atoms with Crippen LogP contribution in [0.1, 0.15) is 67.4 Å². The smallest absolute Gasteiger partial charge is 0.257 e. The van der Waals surface area contributed by atoms with E-state index in [9.17, 15) is 4.79 Å². The molecular formula is C17H24N6O. The lowest BCUT2D eigenvalue weighted by Crippen LogP contribution is -2.40. The molecule has 1 saturated heterocycles. The minimum Gasteiger partial charge on any atom is -0.336 e. The molecule has 1 saturated carbocycles. The van der Waals surface area contributed by atoms with Gasteiger partial charge in [-0.25, -0.2) is 9.67 Å². The third kappa shape index (κ3) is 3.07. The SMILES string of the molecule is O=C(c1cnn(C2CCCCC2)c1)N1CCC[C@@H](n2cncn2)C1. The van der Waals surface area contributed by atoms with E-state index in [0.29, 0.717) is 18.2 Å². The first-order valence-corrected chi connectivity index (χ1v) is 8.99. The summed E-state index contributed by atoms with van der Waals surface area (Å²) in [4.78, 5) is 18.8. The van der Waals surface area contributed by atoms with Crippen LogP contribution in [-0.4, -0.2) is 48.4 Å². The van der Waals surface area contributed by atoms with Crippen molar-refractivity contribution < 1.29 is 4.79 Å². The lowest BCUT2D eigenvalue weighted by Gasteiger charge is -2.32. The number of carbonyl (C=O) groups excluding carboxylic acids is 1. The molecule has 0 aromatic carbocycles. The number of amides is 1. The second-order valence-corrected chi connectivity index (χ2v) is 6.92. The number of likely N-dealkylation sites (tertiary alicyclic amines) is 1. The second-order valence-electron chi connectivity index (χ2n) is 6.92. The zero-order chi connectivity index (χ0) is 16.4. The average Bonchev–Trinajstić information content (AvgIpc) is 3.34. The number of rotatable bonds is 3. The first-order valence-electron chi connectivity index (χ1n) is 8.99. The standard InChI is InChI=1S/C17H24N6O/c24-17(14-9-19-22(10-14)15-5-2-1-3-6-15)21-8-4-7-16(11-21)23-13-18-12-20-23/h9-10,12-13,15-16H,1-8,11H2/t16-/m1/s1. The van der Waals surface area contributed by atoms with Gasteiger partial charge in [0.1, 0.15) is 12.7 Å². The first-order chi connectivity index (χ1) is 11.8. The van der Waals surface area contributed by atoms with E-state index in [1.54, 1.807) is 18.9 Å². The average molecular weight is 328 g/mol. The largest absolute Gasteiger partial charge is 0.336 e. The third-order valence-electron chi connectivity index (χ3n) is 5.29. The van der Waals surface area contributed by atoms with Crippen LogP contribution in [0.3, 0.4) is 0 Å². The molecule has 4 rings (SSSR count). The number of nitrogens with zero attached hydrogens (tertiary/aromatic N) is 6. The fourth-order valence-corrected chi connectivity index (χ4v) is 3.94. The highest BCUT2D eigenvalue weighted by molar-refractivity contribution is 5.93. The molecule has 0 bridgehead atoms. The number of hydrogen-bond donors (Lipinski definition) is 0.